The lowest BCUT2D eigenvalue weighted by Crippen LogP contribution is -2.48. The van der Waals surface area contributed by atoms with Crippen LogP contribution in [0.15, 0.2) is 30.3 Å². The number of fused-ring (bicyclic) bond motifs is 1. The molecule has 0 bridgehead atoms. The third-order valence-electron chi connectivity index (χ3n) is 5.83. The number of benzene rings is 1. The van der Waals surface area contributed by atoms with Crippen molar-refractivity contribution < 1.29 is 14.3 Å². The molecular formula is C22H29N5O3. The van der Waals surface area contributed by atoms with Gasteiger partial charge in [-0.05, 0) is 44.7 Å². The maximum Gasteiger partial charge on any atom is 0.258 e. The number of nitrogens with one attached hydrogen (secondary N) is 1. The van der Waals surface area contributed by atoms with Crippen molar-refractivity contribution in [3.05, 3.63) is 42.0 Å². The molecule has 30 heavy (non-hydrogen) atoms. The first kappa shape index (κ1) is 20.4. The van der Waals surface area contributed by atoms with Gasteiger partial charge in [0.25, 0.3) is 5.91 Å². The average molecular weight is 412 g/mol. The number of nitrogens with zero attached hydrogens (tertiary/aromatic N) is 4. The van der Waals surface area contributed by atoms with E-state index in [1.165, 1.54) is 6.42 Å². The monoisotopic (exact) mass is 411 g/mol. The Kier molecular flexibility index (Phi) is 6.30. The van der Waals surface area contributed by atoms with Crippen LogP contribution in [-0.4, -0.2) is 50.7 Å². The van der Waals surface area contributed by atoms with Crippen LogP contribution in [-0.2, 0) is 22.6 Å². The van der Waals surface area contributed by atoms with Crippen LogP contribution in [0.5, 0.6) is 5.75 Å². The van der Waals surface area contributed by atoms with Crippen molar-refractivity contribution >= 4 is 11.8 Å². The first-order valence-corrected chi connectivity index (χ1v) is 10.8. The van der Waals surface area contributed by atoms with E-state index in [0.717, 1.165) is 50.3 Å². The van der Waals surface area contributed by atoms with Gasteiger partial charge in [0.15, 0.2) is 12.4 Å². The summed E-state index contributed by atoms with van der Waals surface area (Å²) in [6.45, 7) is 3.19. The van der Waals surface area contributed by atoms with E-state index in [1.807, 2.05) is 23.1 Å². The van der Waals surface area contributed by atoms with Crippen molar-refractivity contribution in [1.29, 1.82) is 0 Å². The molecular weight excluding hydrogens is 382 g/mol. The molecule has 0 unspecified atom stereocenters. The highest BCUT2D eigenvalue weighted by Crippen LogP contribution is 2.32. The summed E-state index contributed by atoms with van der Waals surface area (Å²) in [5, 5.41) is 11.6. The zero-order valence-corrected chi connectivity index (χ0v) is 17.4. The van der Waals surface area contributed by atoms with E-state index < -0.39 is 6.04 Å². The van der Waals surface area contributed by atoms with E-state index in [9.17, 15) is 9.59 Å². The summed E-state index contributed by atoms with van der Waals surface area (Å²) in [5.41, 5.74) is 0. The highest BCUT2D eigenvalue weighted by molar-refractivity contribution is 5.88. The Morgan fingerprint density at radius 3 is 2.80 bits per heavy atom. The van der Waals surface area contributed by atoms with E-state index in [4.69, 9.17) is 4.74 Å². The third-order valence-corrected chi connectivity index (χ3v) is 5.83. The van der Waals surface area contributed by atoms with E-state index in [-0.39, 0.29) is 24.5 Å². The maximum atomic E-state index is 13.1. The van der Waals surface area contributed by atoms with Gasteiger partial charge in [-0.25, -0.2) is 0 Å². The summed E-state index contributed by atoms with van der Waals surface area (Å²) < 4.78 is 7.68. The first-order chi connectivity index (χ1) is 14.6. The highest BCUT2D eigenvalue weighted by Gasteiger charge is 2.36. The molecule has 1 saturated heterocycles. The summed E-state index contributed by atoms with van der Waals surface area (Å²) in [5.74, 6) is 2.15. The van der Waals surface area contributed by atoms with Crippen LogP contribution < -0.4 is 10.1 Å². The Labute approximate surface area is 176 Å². The largest absolute Gasteiger partial charge is 0.484 e. The number of carbonyl (C=O) groups is 2. The molecule has 0 radical (unpaired) electrons. The molecule has 2 atom stereocenters. The highest BCUT2D eigenvalue weighted by atomic mass is 16.5. The predicted octanol–water partition coefficient (Wildman–Crippen LogP) is 2.25. The fraction of sp³-hybridized carbons (Fsp3) is 0.545. The molecule has 3 heterocycles. The fourth-order valence-electron chi connectivity index (χ4n) is 4.31. The van der Waals surface area contributed by atoms with Crippen molar-refractivity contribution in [3.63, 3.8) is 0 Å². The Bertz CT molecular complexity index is 882. The number of likely N-dealkylation sites (tertiary alicyclic amines) is 1. The molecule has 1 aromatic heterocycles. The number of hydrogen-bond donors (Lipinski definition) is 1. The molecule has 4 rings (SSSR count). The summed E-state index contributed by atoms with van der Waals surface area (Å²) in [4.78, 5) is 27.2. The molecule has 1 aromatic carbocycles. The number of amides is 2. The van der Waals surface area contributed by atoms with E-state index in [1.54, 1.807) is 19.1 Å². The zero-order valence-electron chi connectivity index (χ0n) is 17.4. The third kappa shape index (κ3) is 4.47. The number of aryl methyl sites for hydroxylation is 1. The SMILES string of the molecule is C[C@H](NC(=O)COc1ccccc1)C(=O)N1CCC[C@H]1c1nnc2n1CCCCC2. The minimum Gasteiger partial charge on any atom is -0.484 e. The van der Waals surface area contributed by atoms with Gasteiger partial charge in [0.05, 0.1) is 6.04 Å². The number of hydrogen-bond acceptors (Lipinski definition) is 5. The van der Waals surface area contributed by atoms with Gasteiger partial charge in [-0.1, -0.05) is 24.6 Å². The summed E-state index contributed by atoms with van der Waals surface area (Å²) in [6, 6.07) is 8.46. The van der Waals surface area contributed by atoms with Crippen LogP contribution in [0.3, 0.4) is 0 Å². The van der Waals surface area contributed by atoms with Crippen molar-refractivity contribution in [2.45, 2.75) is 64.1 Å². The average Bonchev–Trinajstić information content (AvgIpc) is 3.33. The fourth-order valence-corrected chi connectivity index (χ4v) is 4.31. The Balaban J connectivity index is 1.37. The van der Waals surface area contributed by atoms with Gasteiger partial charge in [-0.3, -0.25) is 9.59 Å². The van der Waals surface area contributed by atoms with Gasteiger partial charge in [0.2, 0.25) is 5.91 Å². The summed E-state index contributed by atoms with van der Waals surface area (Å²) in [7, 11) is 0. The quantitative estimate of drug-likeness (QED) is 0.788. The van der Waals surface area contributed by atoms with E-state index in [2.05, 4.69) is 20.1 Å². The second-order valence-corrected chi connectivity index (χ2v) is 8.02. The van der Waals surface area contributed by atoms with Crippen LogP contribution in [0.2, 0.25) is 0 Å². The lowest BCUT2D eigenvalue weighted by Gasteiger charge is -2.27. The van der Waals surface area contributed by atoms with Crippen LogP contribution in [0.1, 0.15) is 56.7 Å². The molecule has 0 saturated carbocycles. The van der Waals surface area contributed by atoms with Crippen LogP contribution in [0.4, 0.5) is 0 Å². The first-order valence-electron chi connectivity index (χ1n) is 10.8. The van der Waals surface area contributed by atoms with Gasteiger partial charge >= 0.3 is 0 Å². The Morgan fingerprint density at radius 2 is 1.97 bits per heavy atom. The summed E-state index contributed by atoms with van der Waals surface area (Å²) >= 11 is 0. The van der Waals surface area contributed by atoms with Crippen LogP contribution >= 0.6 is 0 Å². The molecule has 8 heteroatoms. The van der Waals surface area contributed by atoms with Gasteiger partial charge in [0, 0.05) is 19.5 Å². The van der Waals surface area contributed by atoms with Gasteiger partial charge in [-0.2, -0.15) is 0 Å². The Morgan fingerprint density at radius 1 is 1.13 bits per heavy atom. The minimum absolute atomic E-state index is 0.0724. The lowest BCUT2D eigenvalue weighted by molar-refractivity contribution is -0.137. The Hall–Kier alpha value is -2.90. The predicted molar refractivity (Wildman–Crippen MR) is 111 cm³/mol. The molecule has 0 spiro atoms. The van der Waals surface area contributed by atoms with Crippen molar-refractivity contribution in [1.82, 2.24) is 25.0 Å². The van der Waals surface area contributed by atoms with Crippen LogP contribution in [0.25, 0.3) is 0 Å². The van der Waals surface area contributed by atoms with Gasteiger partial charge in [-0.15, -0.1) is 10.2 Å². The smallest absolute Gasteiger partial charge is 0.258 e. The minimum atomic E-state index is -0.621. The maximum absolute atomic E-state index is 13.1. The zero-order chi connectivity index (χ0) is 20.9. The molecule has 1 N–H and O–H groups in total. The lowest BCUT2D eigenvalue weighted by atomic mass is 10.2. The number of para-hydroxylation sites is 1. The molecule has 2 amide bonds. The van der Waals surface area contributed by atoms with Crippen molar-refractivity contribution in [3.8, 4) is 5.75 Å². The van der Waals surface area contributed by atoms with Gasteiger partial charge in [0.1, 0.15) is 17.6 Å². The normalized spacial score (nSPS) is 19.6. The van der Waals surface area contributed by atoms with Crippen molar-refractivity contribution in [2.75, 3.05) is 13.2 Å². The molecule has 160 valence electrons. The number of rotatable bonds is 6. The molecule has 1 fully saturated rings. The molecule has 0 aliphatic carbocycles. The number of carbonyl (C=O) groups excluding carboxylic acids is 2. The number of ether oxygens (including phenoxy) is 1. The molecule has 2 aliphatic heterocycles. The molecule has 8 nitrogen and oxygen atoms in total. The van der Waals surface area contributed by atoms with E-state index in [0.29, 0.717) is 12.3 Å². The van der Waals surface area contributed by atoms with E-state index >= 15 is 0 Å². The van der Waals surface area contributed by atoms with Crippen LogP contribution in [0, 0.1) is 0 Å². The second-order valence-electron chi connectivity index (χ2n) is 8.02. The molecule has 2 aromatic rings. The topological polar surface area (TPSA) is 89.3 Å². The summed E-state index contributed by atoms with van der Waals surface area (Å²) in [6.07, 6.45) is 6.20. The molecule has 2 aliphatic rings. The standard InChI is InChI=1S/C22H29N5O3/c1-16(23-20(28)15-30-17-9-4-2-5-10-17)22(29)26-14-8-11-18(26)21-25-24-19-12-6-3-7-13-27(19)21/h2,4-5,9-10,16,18H,3,6-8,11-15H2,1H3,(H,23,28)/t16-,18-/m0/s1. The van der Waals surface area contributed by atoms with Crippen molar-refractivity contribution in [2.24, 2.45) is 0 Å². The van der Waals surface area contributed by atoms with Gasteiger partial charge < -0.3 is 19.5 Å². The second kappa shape index (κ2) is 9.28. The number of aromatic nitrogens is 3.